The average molecular weight is 400 g/mol. The maximum atomic E-state index is 13.0. The Morgan fingerprint density at radius 2 is 1.80 bits per heavy atom. The average Bonchev–Trinajstić information content (AvgIpc) is 2.78. The zero-order chi connectivity index (χ0) is 20.9. The summed E-state index contributed by atoms with van der Waals surface area (Å²) in [5, 5.41) is 15.6. The Labute approximate surface area is 170 Å². The summed E-state index contributed by atoms with van der Waals surface area (Å²) >= 11 is 0. The van der Waals surface area contributed by atoms with Crippen molar-refractivity contribution in [2.75, 3.05) is 0 Å². The number of fused-ring (bicyclic) bond motifs is 1. The first-order chi connectivity index (χ1) is 14.6. The van der Waals surface area contributed by atoms with Gasteiger partial charge < -0.3 is 4.74 Å². The molecule has 4 aromatic rings. The maximum Gasteiger partial charge on any atom is 0.282 e. The zero-order valence-electron chi connectivity index (χ0n) is 15.7. The number of benzene rings is 3. The molecule has 0 atom stereocenters. The van der Waals surface area contributed by atoms with Crippen molar-refractivity contribution in [2.24, 2.45) is 5.10 Å². The van der Waals surface area contributed by atoms with Crippen LogP contribution in [0.15, 0.2) is 88.8 Å². The van der Waals surface area contributed by atoms with E-state index in [1.54, 1.807) is 48.5 Å². The van der Waals surface area contributed by atoms with Crippen molar-refractivity contribution in [2.45, 2.75) is 6.61 Å². The lowest BCUT2D eigenvalue weighted by Crippen LogP contribution is -2.23. The molecule has 148 valence electrons. The monoisotopic (exact) mass is 400 g/mol. The van der Waals surface area contributed by atoms with E-state index in [4.69, 9.17) is 4.74 Å². The van der Waals surface area contributed by atoms with E-state index in [2.05, 4.69) is 10.1 Å². The fourth-order valence-corrected chi connectivity index (χ4v) is 2.89. The van der Waals surface area contributed by atoms with E-state index >= 15 is 0 Å². The van der Waals surface area contributed by atoms with Gasteiger partial charge in [0.25, 0.3) is 11.2 Å². The summed E-state index contributed by atoms with van der Waals surface area (Å²) in [5.74, 6) is 0.943. The third kappa shape index (κ3) is 4.07. The van der Waals surface area contributed by atoms with Crippen LogP contribution < -0.4 is 10.3 Å². The molecule has 8 heteroatoms. The highest BCUT2D eigenvalue weighted by molar-refractivity contribution is 5.81. The molecule has 30 heavy (non-hydrogen) atoms. The van der Waals surface area contributed by atoms with Gasteiger partial charge in [0.1, 0.15) is 12.4 Å². The normalized spacial score (nSPS) is 11.1. The highest BCUT2D eigenvalue weighted by Crippen LogP contribution is 2.14. The van der Waals surface area contributed by atoms with Crippen LogP contribution in [0.4, 0.5) is 5.69 Å². The van der Waals surface area contributed by atoms with Crippen LogP contribution in [0.3, 0.4) is 0 Å². The number of nitro benzene ring substituents is 1. The molecule has 0 aliphatic rings. The molecule has 0 fully saturated rings. The standard InChI is InChI=1S/C22H16N4O4/c27-22-19-11-4-5-12-20(19)24-21(15-30-18-9-2-1-3-10-18)25(22)23-14-16-7-6-8-17(13-16)26(28)29/h1-14H,15H2. The molecule has 0 radical (unpaired) electrons. The van der Waals surface area contributed by atoms with Crippen molar-refractivity contribution in [1.82, 2.24) is 9.66 Å². The van der Waals surface area contributed by atoms with Gasteiger partial charge >= 0.3 is 0 Å². The molecule has 0 aliphatic carbocycles. The van der Waals surface area contributed by atoms with Crippen molar-refractivity contribution < 1.29 is 9.66 Å². The number of rotatable bonds is 6. The highest BCUT2D eigenvalue weighted by atomic mass is 16.6. The van der Waals surface area contributed by atoms with Crippen molar-refractivity contribution in [3.05, 3.63) is 111 Å². The third-order valence-corrected chi connectivity index (χ3v) is 4.34. The van der Waals surface area contributed by atoms with Gasteiger partial charge in [-0.15, -0.1) is 0 Å². The number of para-hydroxylation sites is 2. The fourth-order valence-electron chi connectivity index (χ4n) is 2.89. The van der Waals surface area contributed by atoms with E-state index in [1.807, 2.05) is 18.2 Å². The summed E-state index contributed by atoms with van der Waals surface area (Å²) in [6.07, 6.45) is 1.39. The number of nitro groups is 1. The van der Waals surface area contributed by atoms with Gasteiger partial charge in [-0.2, -0.15) is 9.78 Å². The van der Waals surface area contributed by atoms with Crippen LogP contribution in [0, 0.1) is 10.1 Å². The van der Waals surface area contributed by atoms with E-state index in [0.717, 1.165) is 4.68 Å². The third-order valence-electron chi connectivity index (χ3n) is 4.34. The molecule has 0 amide bonds. The molecule has 1 heterocycles. The minimum absolute atomic E-state index is 0.0242. The van der Waals surface area contributed by atoms with Crippen LogP contribution in [0.2, 0.25) is 0 Å². The van der Waals surface area contributed by atoms with Gasteiger partial charge in [-0.1, -0.05) is 42.5 Å². The molecule has 1 aromatic heterocycles. The van der Waals surface area contributed by atoms with E-state index in [1.165, 1.54) is 18.3 Å². The van der Waals surface area contributed by atoms with Crippen LogP contribution in [0.1, 0.15) is 11.4 Å². The molecule has 0 N–H and O–H groups in total. The number of nitrogens with zero attached hydrogens (tertiary/aromatic N) is 4. The van der Waals surface area contributed by atoms with E-state index in [-0.39, 0.29) is 17.9 Å². The van der Waals surface area contributed by atoms with Gasteiger partial charge in [0.15, 0.2) is 5.82 Å². The highest BCUT2D eigenvalue weighted by Gasteiger charge is 2.11. The van der Waals surface area contributed by atoms with Crippen molar-refractivity contribution in [1.29, 1.82) is 0 Å². The number of ether oxygens (including phenoxy) is 1. The largest absolute Gasteiger partial charge is 0.486 e. The summed E-state index contributed by atoms with van der Waals surface area (Å²) in [7, 11) is 0. The quantitative estimate of drug-likeness (QED) is 0.279. The van der Waals surface area contributed by atoms with Crippen LogP contribution >= 0.6 is 0 Å². The van der Waals surface area contributed by atoms with Crippen molar-refractivity contribution in [3.63, 3.8) is 0 Å². The topological polar surface area (TPSA) is 99.6 Å². The molecule has 4 rings (SSSR count). The molecule has 8 nitrogen and oxygen atoms in total. The summed E-state index contributed by atoms with van der Waals surface area (Å²) in [6.45, 7) is 0.0242. The van der Waals surface area contributed by atoms with Gasteiger partial charge in [0.2, 0.25) is 0 Å². The summed E-state index contributed by atoms with van der Waals surface area (Å²) in [4.78, 5) is 28.0. The van der Waals surface area contributed by atoms with Crippen LogP contribution in [-0.4, -0.2) is 20.8 Å². The second-order valence-corrected chi connectivity index (χ2v) is 6.36. The van der Waals surface area contributed by atoms with E-state index < -0.39 is 4.92 Å². The summed E-state index contributed by atoms with van der Waals surface area (Å²) < 4.78 is 6.91. The summed E-state index contributed by atoms with van der Waals surface area (Å²) in [6, 6.07) is 22.1. The minimum atomic E-state index is -0.486. The van der Waals surface area contributed by atoms with Crippen LogP contribution in [0.25, 0.3) is 10.9 Å². The molecule has 0 saturated carbocycles. The lowest BCUT2D eigenvalue weighted by Gasteiger charge is -2.10. The first-order valence-corrected chi connectivity index (χ1v) is 9.09. The predicted molar refractivity (Wildman–Crippen MR) is 113 cm³/mol. The van der Waals surface area contributed by atoms with Gasteiger partial charge in [0, 0.05) is 17.7 Å². The maximum absolute atomic E-state index is 13.0. The Hall–Kier alpha value is -4.33. The number of non-ortho nitro benzene ring substituents is 1. The van der Waals surface area contributed by atoms with Crippen molar-refractivity contribution >= 4 is 22.8 Å². The van der Waals surface area contributed by atoms with Gasteiger partial charge in [-0.05, 0) is 24.3 Å². The van der Waals surface area contributed by atoms with E-state index in [0.29, 0.717) is 28.0 Å². The second kappa shape index (κ2) is 8.36. The molecular weight excluding hydrogens is 384 g/mol. The SMILES string of the molecule is O=c1c2ccccc2nc(COc2ccccc2)n1N=Cc1cccc([N+](=O)[O-])c1. The van der Waals surface area contributed by atoms with Crippen LogP contribution in [0.5, 0.6) is 5.75 Å². The van der Waals surface area contributed by atoms with Crippen LogP contribution in [-0.2, 0) is 6.61 Å². The molecule has 3 aromatic carbocycles. The Bertz CT molecular complexity index is 1300. The Morgan fingerprint density at radius 1 is 1.03 bits per heavy atom. The minimum Gasteiger partial charge on any atom is -0.486 e. The molecule has 0 saturated heterocycles. The molecule has 0 unspecified atom stereocenters. The molecule has 0 aliphatic heterocycles. The predicted octanol–water partition coefficient (Wildman–Crippen LogP) is 3.77. The second-order valence-electron chi connectivity index (χ2n) is 6.36. The molecular formula is C22H16N4O4. The summed E-state index contributed by atoms with van der Waals surface area (Å²) in [5.41, 5.74) is 0.611. The lowest BCUT2D eigenvalue weighted by molar-refractivity contribution is -0.384. The first kappa shape index (κ1) is 19.0. The van der Waals surface area contributed by atoms with Gasteiger partial charge in [-0.3, -0.25) is 14.9 Å². The van der Waals surface area contributed by atoms with Gasteiger partial charge in [0.05, 0.1) is 22.0 Å². The van der Waals surface area contributed by atoms with Gasteiger partial charge in [-0.25, -0.2) is 4.98 Å². The number of hydrogen-bond acceptors (Lipinski definition) is 6. The first-order valence-electron chi connectivity index (χ1n) is 9.09. The van der Waals surface area contributed by atoms with E-state index in [9.17, 15) is 14.9 Å². The smallest absolute Gasteiger partial charge is 0.282 e. The molecule has 0 bridgehead atoms. The molecule has 0 spiro atoms. The zero-order valence-corrected chi connectivity index (χ0v) is 15.7. The Kier molecular flexibility index (Phi) is 5.29. The Morgan fingerprint density at radius 3 is 2.60 bits per heavy atom. The number of aromatic nitrogens is 2. The fraction of sp³-hybridized carbons (Fsp3) is 0.0455. The Balaban J connectivity index is 1.74. The number of hydrogen-bond donors (Lipinski definition) is 0. The van der Waals surface area contributed by atoms with Crippen molar-refractivity contribution in [3.8, 4) is 5.75 Å². The lowest BCUT2D eigenvalue weighted by atomic mass is 10.2.